The van der Waals surface area contributed by atoms with Crippen molar-refractivity contribution in [1.82, 2.24) is 10.2 Å². The first-order chi connectivity index (χ1) is 7.66. The van der Waals surface area contributed by atoms with Gasteiger partial charge in [-0.25, -0.2) is 0 Å². The summed E-state index contributed by atoms with van der Waals surface area (Å²) in [5.74, 6) is -0.226. The molecule has 2 rings (SSSR count). The van der Waals surface area contributed by atoms with Gasteiger partial charge in [-0.05, 0) is 28.1 Å². The van der Waals surface area contributed by atoms with Crippen molar-refractivity contribution in [3.63, 3.8) is 0 Å². The van der Waals surface area contributed by atoms with Gasteiger partial charge in [0.15, 0.2) is 0 Å². The van der Waals surface area contributed by atoms with Crippen LogP contribution in [-0.2, 0) is 0 Å². The smallest absolute Gasteiger partial charge is 0.274 e. The summed E-state index contributed by atoms with van der Waals surface area (Å²) in [4.78, 5) is 11.7. The largest absolute Gasteiger partial charge is 0.508 e. The molecule has 1 amide bonds. The summed E-state index contributed by atoms with van der Waals surface area (Å²) < 4.78 is 0.588. The third-order valence-corrected chi connectivity index (χ3v) is 2.53. The monoisotopic (exact) mass is 281 g/mol. The average Bonchev–Trinajstić information content (AvgIpc) is 2.64. The normalized spacial score (nSPS) is 10.1. The second kappa shape index (κ2) is 4.36. The van der Waals surface area contributed by atoms with Gasteiger partial charge in [-0.3, -0.25) is 9.89 Å². The van der Waals surface area contributed by atoms with Crippen molar-refractivity contribution < 1.29 is 9.90 Å². The van der Waals surface area contributed by atoms with E-state index in [1.807, 2.05) is 0 Å². The van der Waals surface area contributed by atoms with E-state index in [1.54, 1.807) is 12.1 Å². The fourth-order valence-corrected chi connectivity index (χ4v) is 1.58. The molecule has 0 unspecified atom stereocenters. The first kappa shape index (κ1) is 10.7. The number of carbonyl (C=O) groups excluding carboxylic acids is 1. The van der Waals surface area contributed by atoms with Crippen molar-refractivity contribution in [2.45, 2.75) is 0 Å². The van der Waals surface area contributed by atoms with E-state index in [0.29, 0.717) is 15.9 Å². The highest BCUT2D eigenvalue weighted by Crippen LogP contribution is 2.18. The predicted molar refractivity (Wildman–Crippen MR) is 62.3 cm³/mol. The molecule has 0 aliphatic rings. The fourth-order valence-electron chi connectivity index (χ4n) is 1.21. The van der Waals surface area contributed by atoms with Gasteiger partial charge in [-0.2, -0.15) is 5.10 Å². The van der Waals surface area contributed by atoms with Gasteiger partial charge in [-0.15, -0.1) is 0 Å². The van der Waals surface area contributed by atoms with Crippen LogP contribution in [0.2, 0.25) is 0 Å². The molecule has 1 aromatic carbocycles. The Bertz CT molecular complexity index is 524. The molecule has 16 heavy (non-hydrogen) atoms. The Kier molecular flexibility index (Phi) is 2.91. The number of halogens is 1. The standard InChI is InChI=1S/C10H8BrN3O2/c11-8-5-12-14-9(8)10(16)13-6-2-1-3-7(15)4-6/h1-5,15H,(H,12,14)(H,13,16). The van der Waals surface area contributed by atoms with Crippen molar-refractivity contribution in [2.24, 2.45) is 0 Å². The Balaban J connectivity index is 2.17. The molecule has 0 saturated heterocycles. The SMILES string of the molecule is O=C(Nc1cccc(O)c1)c1[nH]ncc1Br. The summed E-state index contributed by atoms with van der Waals surface area (Å²) in [6, 6.07) is 6.32. The molecule has 0 saturated carbocycles. The van der Waals surface area contributed by atoms with E-state index in [4.69, 9.17) is 0 Å². The lowest BCUT2D eigenvalue weighted by molar-refractivity contribution is 0.102. The van der Waals surface area contributed by atoms with E-state index in [-0.39, 0.29) is 11.7 Å². The molecule has 2 aromatic rings. The van der Waals surface area contributed by atoms with E-state index in [9.17, 15) is 9.90 Å². The zero-order valence-electron chi connectivity index (χ0n) is 8.07. The van der Waals surface area contributed by atoms with Crippen molar-refractivity contribution in [2.75, 3.05) is 5.32 Å². The zero-order valence-corrected chi connectivity index (χ0v) is 9.65. The van der Waals surface area contributed by atoms with Crippen LogP contribution >= 0.6 is 15.9 Å². The number of rotatable bonds is 2. The number of nitrogens with zero attached hydrogens (tertiary/aromatic N) is 1. The van der Waals surface area contributed by atoms with Gasteiger partial charge >= 0.3 is 0 Å². The quantitative estimate of drug-likeness (QED) is 0.789. The number of phenols is 1. The second-order valence-electron chi connectivity index (χ2n) is 3.10. The molecular weight excluding hydrogens is 274 g/mol. The number of benzene rings is 1. The Hall–Kier alpha value is -1.82. The van der Waals surface area contributed by atoms with E-state index < -0.39 is 0 Å². The van der Waals surface area contributed by atoms with Gasteiger partial charge in [0.05, 0.1) is 10.7 Å². The molecule has 1 heterocycles. The molecule has 1 aromatic heterocycles. The first-order valence-electron chi connectivity index (χ1n) is 4.46. The van der Waals surface area contributed by atoms with Crippen LogP contribution in [0, 0.1) is 0 Å². The van der Waals surface area contributed by atoms with Crippen LogP contribution in [0.5, 0.6) is 5.75 Å². The Morgan fingerprint density at radius 1 is 1.50 bits per heavy atom. The highest BCUT2D eigenvalue weighted by molar-refractivity contribution is 9.10. The van der Waals surface area contributed by atoms with E-state index in [1.165, 1.54) is 18.3 Å². The van der Waals surface area contributed by atoms with Crippen LogP contribution in [0.15, 0.2) is 34.9 Å². The van der Waals surface area contributed by atoms with Crippen LogP contribution in [0.25, 0.3) is 0 Å². The van der Waals surface area contributed by atoms with Crippen molar-refractivity contribution in [3.05, 3.63) is 40.6 Å². The summed E-state index contributed by atoms with van der Waals surface area (Å²) in [6.45, 7) is 0. The molecule has 6 heteroatoms. The summed E-state index contributed by atoms with van der Waals surface area (Å²) in [5, 5.41) is 18.1. The minimum atomic E-state index is -0.324. The van der Waals surface area contributed by atoms with Crippen LogP contribution in [-0.4, -0.2) is 21.2 Å². The average molecular weight is 282 g/mol. The highest BCUT2D eigenvalue weighted by Gasteiger charge is 2.11. The van der Waals surface area contributed by atoms with Gasteiger partial charge in [0.2, 0.25) is 0 Å². The number of nitrogens with one attached hydrogen (secondary N) is 2. The lowest BCUT2D eigenvalue weighted by atomic mass is 10.3. The molecule has 5 nitrogen and oxygen atoms in total. The minimum absolute atomic E-state index is 0.0986. The number of carbonyl (C=O) groups is 1. The molecule has 82 valence electrons. The molecule has 0 fully saturated rings. The topological polar surface area (TPSA) is 78.0 Å². The maximum Gasteiger partial charge on any atom is 0.274 e. The van der Waals surface area contributed by atoms with E-state index in [2.05, 4.69) is 31.4 Å². The number of aromatic nitrogens is 2. The minimum Gasteiger partial charge on any atom is -0.508 e. The lowest BCUT2D eigenvalue weighted by Gasteiger charge is -2.03. The maximum atomic E-state index is 11.7. The summed E-state index contributed by atoms with van der Waals surface area (Å²) in [7, 11) is 0. The van der Waals surface area contributed by atoms with Crippen molar-refractivity contribution in [3.8, 4) is 5.75 Å². The number of aromatic hydroxyl groups is 1. The Morgan fingerprint density at radius 3 is 2.94 bits per heavy atom. The van der Waals surface area contributed by atoms with Crippen molar-refractivity contribution >= 4 is 27.5 Å². The molecule has 0 aliphatic heterocycles. The molecule has 0 atom stereocenters. The van der Waals surface area contributed by atoms with Crippen LogP contribution in [0.1, 0.15) is 10.5 Å². The number of amides is 1. The van der Waals surface area contributed by atoms with Crippen LogP contribution in [0.4, 0.5) is 5.69 Å². The Labute approximate surface area is 99.6 Å². The molecule has 0 aliphatic carbocycles. The van der Waals surface area contributed by atoms with Gasteiger partial charge in [-0.1, -0.05) is 6.07 Å². The molecule has 3 N–H and O–H groups in total. The first-order valence-corrected chi connectivity index (χ1v) is 5.25. The Morgan fingerprint density at radius 2 is 2.31 bits per heavy atom. The second-order valence-corrected chi connectivity index (χ2v) is 3.95. The van der Waals surface area contributed by atoms with Gasteiger partial charge in [0, 0.05) is 11.8 Å². The van der Waals surface area contributed by atoms with Gasteiger partial charge < -0.3 is 10.4 Å². The number of aromatic amines is 1. The van der Waals surface area contributed by atoms with E-state index >= 15 is 0 Å². The summed E-state index contributed by atoms with van der Waals surface area (Å²) >= 11 is 3.19. The van der Waals surface area contributed by atoms with Gasteiger partial charge in [0.25, 0.3) is 5.91 Å². The fraction of sp³-hybridized carbons (Fsp3) is 0. The molecular formula is C10H8BrN3O2. The third-order valence-electron chi connectivity index (χ3n) is 1.92. The number of hydrogen-bond acceptors (Lipinski definition) is 3. The molecule has 0 radical (unpaired) electrons. The molecule has 0 bridgehead atoms. The number of hydrogen-bond donors (Lipinski definition) is 3. The number of anilines is 1. The summed E-state index contributed by atoms with van der Waals surface area (Å²) in [5.41, 5.74) is 0.856. The van der Waals surface area contributed by atoms with Crippen molar-refractivity contribution in [1.29, 1.82) is 0 Å². The van der Waals surface area contributed by atoms with Crippen LogP contribution in [0.3, 0.4) is 0 Å². The zero-order chi connectivity index (χ0) is 11.5. The maximum absolute atomic E-state index is 11.7. The van der Waals surface area contributed by atoms with E-state index in [0.717, 1.165) is 0 Å². The van der Waals surface area contributed by atoms with Crippen LogP contribution < -0.4 is 5.32 Å². The predicted octanol–water partition coefficient (Wildman–Crippen LogP) is 2.13. The highest BCUT2D eigenvalue weighted by atomic mass is 79.9. The van der Waals surface area contributed by atoms with Gasteiger partial charge in [0.1, 0.15) is 11.4 Å². The summed E-state index contributed by atoms with van der Waals surface area (Å²) in [6.07, 6.45) is 1.50. The lowest BCUT2D eigenvalue weighted by Crippen LogP contribution is -2.12. The number of H-pyrrole nitrogens is 1. The third kappa shape index (κ3) is 2.22. The number of phenolic OH excluding ortho intramolecular Hbond substituents is 1. The molecule has 0 spiro atoms.